The Hall–Kier alpha value is -2.79. The lowest BCUT2D eigenvalue weighted by Gasteiger charge is -2.22. The van der Waals surface area contributed by atoms with Gasteiger partial charge in [0.15, 0.2) is 11.5 Å². The van der Waals surface area contributed by atoms with Crippen LogP contribution in [0.4, 0.5) is 5.69 Å². The Balaban J connectivity index is 1.69. The van der Waals surface area contributed by atoms with Crippen molar-refractivity contribution in [1.82, 2.24) is 5.43 Å². The lowest BCUT2D eigenvalue weighted by atomic mass is 10.1. The van der Waals surface area contributed by atoms with Crippen LogP contribution in [0.15, 0.2) is 58.1 Å². The zero-order valence-electron chi connectivity index (χ0n) is 21.1. The molecule has 8 nitrogen and oxygen atoms in total. The van der Waals surface area contributed by atoms with E-state index in [0.717, 1.165) is 27.3 Å². The summed E-state index contributed by atoms with van der Waals surface area (Å²) in [7, 11) is -2.20. The average molecular weight is 643 g/mol. The minimum atomic E-state index is -3.70. The van der Waals surface area contributed by atoms with Gasteiger partial charge in [-0.1, -0.05) is 35.3 Å². The minimum Gasteiger partial charge on any atom is -0.493 e. The topological polar surface area (TPSA) is 97.3 Å². The molecule has 0 bridgehead atoms. The van der Waals surface area contributed by atoms with Crippen LogP contribution in [0, 0.1) is 13.8 Å². The van der Waals surface area contributed by atoms with Gasteiger partial charge in [-0.05, 0) is 88.4 Å². The summed E-state index contributed by atoms with van der Waals surface area (Å²) in [6.45, 7) is 3.60. The number of aryl methyl sites for hydroxylation is 2. The van der Waals surface area contributed by atoms with E-state index in [0.29, 0.717) is 37.3 Å². The largest absolute Gasteiger partial charge is 0.493 e. The fourth-order valence-electron chi connectivity index (χ4n) is 3.36. The van der Waals surface area contributed by atoms with Gasteiger partial charge < -0.3 is 9.47 Å². The number of benzene rings is 3. The van der Waals surface area contributed by atoms with Gasteiger partial charge in [0.2, 0.25) is 10.0 Å². The summed E-state index contributed by atoms with van der Waals surface area (Å²) in [6, 6.07) is 13.8. The SMILES string of the molecule is COc1cc(/C=N\NC(=O)CN(c2ccc(C)c(C)c2)S(C)(=O)=O)cc(Br)c1OCc1ccc(Cl)c(Cl)c1. The number of amides is 1. The molecule has 202 valence electrons. The van der Waals surface area contributed by atoms with Crippen molar-refractivity contribution < 1.29 is 22.7 Å². The van der Waals surface area contributed by atoms with Gasteiger partial charge in [0.05, 0.1) is 39.8 Å². The van der Waals surface area contributed by atoms with Crippen LogP contribution in [-0.4, -0.2) is 40.4 Å². The Morgan fingerprint density at radius 1 is 1.08 bits per heavy atom. The van der Waals surface area contributed by atoms with Crippen LogP contribution in [0.2, 0.25) is 10.0 Å². The lowest BCUT2D eigenvalue weighted by Crippen LogP contribution is -2.39. The minimum absolute atomic E-state index is 0.229. The average Bonchev–Trinajstić information content (AvgIpc) is 2.84. The molecule has 0 fully saturated rings. The molecule has 0 aliphatic heterocycles. The zero-order valence-corrected chi connectivity index (χ0v) is 25.0. The molecule has 0 radical (unpaired) electrons. The first-order valence-electron chi connectivity index (χ1n) is 11.2. The van der Waals surface area contributed by atoms with Crippen LogP contribution < -0.4 is 19.2 Å². The molecule has 12 heteroatoms. The Bertz CT molecular complexity index is 1480. The number of ether oxygens (including phenoxy) is 2. The summed E-state index contributed by atoms with van der Waals surface area (Å²) < 4.78 is 37.7. The van der Waals surface area contributed by atoms with Crippen LogP contribution in [0.1, 0.15) is 22.3 Å². The molecule has 0 aliphatic rings. The Kier molecular flexibility index (Phi) is 10.1. The van der Waals surface area contributed by atoms with Crippen LogP contribution in [-0.2, 0) is 21.4 Å². The first-order valence-corrected chi connectivity index (χ1v) is 14.6. The molecule has 3 aromatic carbocycles. The number of nitrogens with one attached hydrogen (secondary N) is 1. The van der Waals surface area contributed by atoms with E-state index in [2.05, 4.69) is 26.5 Å². The van der Waals surface area contributed by atoms with E-state index in [9.17, 15) is 13.2 Å². The second kappa shape index (κ2) is 12.8. The molecule has 3 rings (SSSR count). The number of carbonyl (C=O) groups is 1. The maximum atomic E-state index is 12.5. The van der Waals surface area contributed by atoms with Crippen LogP contribution >= 0.6 is 39.1 Å². The molecule has 0 atom stereocenters. The van der Waals surface area contributed by atoms with Crippen LogP contribution in [0.5, 0.6) is 11.5 Å². The molecular weight excluding hydrogens is 617 g/mol. The highest BCUT2D eigenvalue weighted by Gasteiger charge is 2.21. The van der Waals surface area contributed by atoms with Crippen molar-refractivity contribution in [2.45, 2.75) is 20.5 Å². The third-order valence-electron chi connectivity index (χ3n) is 5.49. The number of anilines is 1. The Morgan fingerprint density at radius 3 is 2.45 bits per heavy atom. The molecule has 1 N–H and O–H groups in total. The maximum absolute atomic E-state index is 12.5. The first kappa shape index (κ1) is 29.8. The summed E-state index contributed by atoms with van der Waals surface area (Å²) in [4.78, 5) is 12.5. The maximum Gasteiger partial charge on any atom is 0.260 e. The molecule has 0 aliphatic carbocycles. The normalized spacial score (nSPS) is 11.4. The monoisotopic (exact) mass is 641 g/mol. The van der Waals surface area contributed by atoms with Crippen molar-refractivity contribution in [3.05, 3.63) is 85.3 Å². The molecule has 0 saturated carbocycles. The number of methoxy groups -OCH3 is 1. The number of nitrogens with zero attached hydrogens (tertiary/aromatic N) is 2. The van der Waals surface area contributed by atoms with Crippen molar-refractivity contribution in [2.75, 3.05) is 24.2 Å². The highest BCUT2D eigenvalue weighted by molar-refractivity contribution is 9.10. The first-order chi connectivity index (χ1) is 17.9. The van der Waals surface area contributed by atoms with Gasteiger partial charge in [0.1, 0.15) is 13.2 Å². The summed E-state index contributed by atoms with van der Waals surface area (Å²) >= 11 is 15.5. The number of sulfonamides is 1. The molecule has 0 unspecified atom stereocenters. The number of hydrazone groups is 1. The fourth-order valence-corrected chi connectivity index (χ4v) is 5.11. The molecule has 0 heterocycles. The second-order valence-electron chi connectivity index (χ2n) is 8.40. The quantitative estimate of drug-likeness (QED) is 0.220. The second-order valence-corrected chi connectivity index (χ2v) is 12.0. The van der Waals surface area contributed by atoms with E-state index in [1.54, 1.807) is 36.4 Å². The van der Waals surface area contributed by atoms with Gasteiger partial charge in [-0.15, -0.1) is 0 Å². The van der Waals surface area contributed by atoms with E-state index < -0.39 is 22.5 Å². The van der Waals surface area contributed by atoms with Crippen LogP contribution in [0.3, 0.4) is 0 Å². The standard InChI is InChI=1S/C26H26BrCl2N3O5S/c1-16-5-7-20(9-17(16)2)32(38(4,34)35)14-25(33)31-30-13-19-10-21(27)26(24(12-19)36-3)37-15-18-6-8-22(28)23(29)11-18/h5-13H,14-15H2,1-4H3,(H,31,33)/b30-13-. The Morgan fingerprint density at radius 2 is 1.82 bits per heavy atom. The molecule has 1 amide bonds. The zero-order chi connectivity index (χ0) is 28.0. The predicted molar refractivity (Wildman–Crippen MR) is 155 cm³/mol. The lowest BCUT2D eigenvalue weighted by molar-refractivity contribution is -0.119. The highest BCUT2D eigenvalue weighted by atomic mass is 79.9. The molecular formula is C26H26BrCl2N3O5S. The highest BCUT2D eigenvalue weighted by Crippen LogP contribution is 2.37. The van der Waals surface area contributed by atoms with Gasteiger partial charge >= 0.3 is 0 Å². The number of hydrogen-bond acceptors (Lipinski definition) is 6. The van der Waals surface area contributed by atoms with Crippen molar-refractivity contribution in [3.63, 3.8) is 0 Å². The third-order valence-corrected chi connectivity index (χ3v) is 7.96. The van der Waals surface area contributed by atoms with Crippen LogP contribution in [0.25, 0.3) is 0 Å². The van der Waals surface area contributed by atoms with Gasteiger partial charge in [0, 0.05) is 0 Å². The predicted octanol–water partition coefficient (Wildman–Crippen LogP) is 5.88. The van der Waals surface area contributed by atoms with E-state index in [4.69, 9.17) is 32.7 Å². The van der Waals surface area contributed by atoms with E-state index in [-0.39, 0.29) is 6.61 Å². The summed E-state index contributed by atoms with van der Waals surface area (Å²) in [5.74, 6) is 0.305. The van der Waals surface area contributed by atoms with Crippen molar-refractivity contribution >= 4 is 67.0 Å². The van der Waals surface area contributed by atoms with Gasteiger partial charge in [-0.2, -0.15) is 5.10 Å². The summed E-state index contributed by atoms with van der Waals surface area (Å²) in [5.41, 5.74) is 6.13. The van der Waals surface area contributed by atoms with Crippen molar-refractivity contribution in [3.8, 4) is 11.5 Å². The van der Waals surface area contributed by atoms with Crippen molar-refractivity contribution in [2.24, 2.45) is 5.10 Å². The van der Waals surface area contributed by atoms with Gasteiger partial charge in [0.25, 0.3) is 5.91 Å². The molecule has 0 aromatic heterocycles. The summed E-state index contributed by atoms with van der Waals surface area (Å²) in [6.07, 6.45) is 2.46. The molecule has 3 aromatic rings. The summed E-state index contributed by atoms with van der Waals surface area (Å²) in [5, 5.41) is 4.86. The molecule has 0 saturated heterocycles. The number of rotatable bonds is 10. The van der Waals surface area contributed by atoms with E-state index >= 15 is 0 Å². The number of carbonyl (C=O) groups excluding carboxylic acids is 1. The van der Waals surface area contributed by atoms with Gasteiger partial charge in [-0.25, -0.2) is 13.8 Å². The number of hydrogen-bond donors (Lipinski definition) is 1. The Labute approximate surface area is 240 Å². The van der Waals surface area contributed by atoms with Gasteiger partial charge in [-0.3, -0.25) is 9.10 Å². The third kappa shape index (κ3) is 7.86. The van der Waals surface area contributed by atoms with E-state index in [1.807, 2.05) is 26.0 Å². The molecule has 38 heavy (non-hydrogen) atoms. The number of halogens is 3. The molecule has 0 spiro atoms. The smallest absolute Gasteiger partial charge is 0.260 e. The van der Waals surface area contributed by atoms with Crippen molar-refractivity contribution in [1.29, 1.82) is 0 Å². The van der Waals surface area contributed by atoms with E-state index in [1.165, 1.54) is 13.3 Å². The fraction of sp³-hybridized carbons (Fsp3) is 0.231.